The molecule has 18 heavy (non-hydrogen) atoms. The Hall–Kier alpha value is -0.610. The van der Waals surface area contributed by atoms with E-state index in [0.29, 0.717) is 0 Å². The lowest BCUT2D eigenvalue weighted by Crippen LogP contribution is -2.29. The van der Waals surface area contributed by atoms with Crippen LogP contribution >= 0.6 is 0 Å². The van der Waals surface area contributed by atoms with Gasteiger partial charge in [0.05, 0.1) is 0 Å². The summed E-state index contributed by atoms with van der Waals surface area (Å²) in [5.41, 5.74) is 5.42. The lowest BCUT2D eigenvalue weighted by Gasteiger charge is -2.20. The molecule has 0 spiro atoms. The predicted molar refractivity (Wildman–Crippen MR) is 77.5 cm³/mol. The van der Waals surface area contributed by atoms with Gasteiger partial charge in [-0.2, -0.15) is 0 Å². The SMILES string of the molecule is CCCC(CCCCNCCCN)C(=O)N(C)C. The van der Waals surface area contributed by atoms with Crippen molar-refractivity contribution in [2.24, 2.45) is 11.7 Å². The Morgan fingerprint density at radius 1 is 1.17 bits per heavy atom. The van der Waals surface area contributed by atoms with Gasteiger partial charge in [-0.1, -0.05) is 19.8 Å². The molecular weight excluding hydrogens is 226 g/mol. The van der Waals surface area contributed by atoms with E-state index in [9.17, 15) is 4.79 Å². The molecule has 0 aliphatic heterocycles. The molecule has 4 nitrogen and oxygen atoms in total. The Morgan fingerprint density at radius 3 is 2.39 bits per heavy atom. The summed E-state index contributed by atoms with van der Waals surface area (Å²) in [6, 6.07) is 0. The molecule has 1 unspecified atom stereocenters. The Balaban J connectivity index is 3.67. The van der Waals surface area contributed by atoms with E-state index in [1.807, 2.05) is 14.1 Å². The number of rotatable bonds is 11. The van der Waals surface area contributed by atoms with Crippen molar-refractivity contribution in [2.45, 2.75) is 45.4 Å². The van der Waals surface area contributed by atoms with Crippen molar-refractivity contribution in [3.8, 4) is 0 Å². The molecule has 0 radical (unpaired) electrons. The number of nitrogens with one attached hydrogen (secondary N) is 1. The Bertz CT molecular complexity index is 207. The van der Waals surface area contributed by atoms with Gasteiger partial charge in [-0.05, 0) is 45.3 Å². The number of amides is 1. The predicted octanol–water partition coefficient (Wildman–Crippen LogP) is 1.60. The van der Waals surface area contributed by atoms with Gasteiger partial charge >= 0.3 is 0 Å². The second-order valence-electron chi connectivity index (χ2n) is 5.11. The fourth-order valence-electron chi connectivity index (χ4n) is 2.10. The van der Waals surface area contributed by atoms with Crippen LogP contribution in [0.3, 0.4) is 0 Å². The molecular formula is C14H31N3O. The van der Waals surface area contributed by atoms with Crippen LogP contribution in [0.4, 0.5) is 0 Å². The standard InChI is InChI=1S/C14H31N3O/c1-4-8-13(14(18)17(2)3)9-5-6-11-16-12-7-10-15/h13,16H,4-12,15H2,1-3H3. The van der Waals surface area contributed by atoms with Gasteiger partial charge < -0.3 is 16.0 Å². The minimum Gasteiger partial charge on any atom is -0.349 e. The first kappa shape index (κ1) is 17.4. The van der Waals surface area contributed by atoms with E-state index < -0.39 is 0 Å². The van der Waals surface area contributed by atoms with Crippen molar-refractivity contribution in [1.82, 2.24) is 10.2 Å². The third-order valence-electron chi connectivity index (χ3n) is 3.14. The van der Waals surface area contributed by atoms with Crippen LogP contribution in [-0.2, 0) is 4.79 Å². The molecule has 1 amide bonds. The minimum absolute atomic E-state index is 0.217. The number of unbranched alkanes of at least 4 members (excludes halogenated alkanes) is 1. The number of nitrogens with two attached hydrogens (primary N) is 1. The van der Waals surface area contributed by atoms with Gasteiger partial charge in [0.15, 0.2) is 0 Å². The number of carbonyl (C=O) groups is 1. The van der Waals surface area contributed by atoms with Crippen LogP contribution in [0.1, 0.15) is 45.4 Å². The van der Waals surface area contributed by atoms with Crippen LogP contribution < -0.4 is 11.1 Å². The molecule has 1 atom stereocenters. The van der Waals surface area contributed by atoms with Gasteiger partial charge in [0.25, 0.3) is 0 Å². The molecule has 0 bridgehead atoms. The van der Waals surface area contributed by atoms with Crippen LogP contribution in [0.2, 0.25) is 0 Å². The number of carbonyl (C=O) groups excluding carboxylic acids is 1. The van der Waals surface area contributed by atoms with Gasteiger partial charge in [0.1, 0.15) is 0 Å². The summed E-state index contributed by atoms with van der Waals surface area (Å²) in [6.45, 7) is 4.94. The van der Waals surface area contributed by atoms with Crippen molar-refractivity contribution in [2.75, 3.05) is 33.7 Å². The summed E-state index contributed by atoms with van der Waals surface area (Å²) in [6.07, 6.45) is 6.42. The molecule has 0 rings (SSSR count). The lowest BCUT2D eigenvalue weighted by atomic mass is 9.95. The Kier molecular flexibility index (Phi) is 11.1. The highest BCUT2D eigenvalue weighted by Crippen LogP contribution is 2.16. The highest BCUT2D eigenvalue weighted by molar-refractivity contribution is 5.78. The van der Waals surface area contributed by atoms with Crippen LogP contribution in [0.15, 0.2) is 0 Å². The third kappa shape index (κ3) is 8.48. The minimum atomic E-state index is 0.217. The van der Waals surface area contributed by atoms with Gasteiger partial charge in [-0.25, -0.2) is 0 Å². The van der Waals surface area contributed by atoms with E-state index in [4.69, 9.17) is 5.73 Å². The molecule has 3 N–H and O–H groups in total. The Morgan fingerprint density at radius 2 is 1.83 bits per heavy atom. The summed E-state index contributed by atoms with van der Waals surface area (Å²) < 4.78 is 0. The average molecular weight is 257 g/mol. The molecule has 0 aliphatic carbocycles. The number of hydrogen-bond acceptors (Lipinski definition) is 3. The van der Waals surface area contributed by atoms with E-state index >= 15 is 0 Å². The molecule has 108 valence electrons. The molecule has 0 aromatic rings. The largest absolute Gasteiger partial charge is 0.349 e. The summed E-state index contributed by atoms with van der Waals surface area (Å²) >= 11 is 0. The maximum atomic E-state index is 11.9. The molecule has 4 heteroatoms. The van der Waals surface area contributed by atoms with Gasteiger partial charge in [-0.3, -0.25) is 4.79 Å². The maximum absolute atomic E-state index is 11.9. The quantitative estimate of drug-likeness (QED) is 0.553. The van der Waals surface area contributed by atoms with Crippen molar-refractivity contribution in [3.63, 3.8) is 0 Å². The Labute approximate surface area is 112 Å². The fourth-order valence-corrected chi connectivity index (χ4v) is 2.10. The summed E-state index contributed by atoms with van der Waals surface area (Å²) in [4.78, 5) is 13.7. The maximum Gasteiger partial charge on any atom is 0.225 e. The van der Waals surface area contributed by atoms with Gasteiger partial charge in [-0.15, -0.1) is 0 Å². The van der Waals surface area contributed by atoms with Crippen LogP contribution in [-0.4, -0.2) is 44.5 Å². The van der Waals surface area contributed by atoms with Gasteiger partial charge in [0, 0.05) is 20.0 Å². The van der Waals surface area contributed by atoms with E-state index in [-0.39, 0.29) is 11.8 Å². The topological polar surface area (TPSA) is 58.4 Å². The molecule has 0 saturated heterocycles. The van der Waals surface area contributed by atoms with Crippen LogP contribution in [0, 0.1) is 5.92 Å². The normalized spacial score (nSPS) is 12.4. The lowest BCUT2D eigenvalue weighted by molar-refractivity contribution is -0.133. The zero-order valence-electron chi connectivity index (χ0n) is 12.4. The van der Waals surface area contributed by atoms with E-state index in [1.165, 1.54) is 0 Å². The fraction of sp³-hybridized carbons (Fsp3) is 0.929. The number of nitrogens with zero attached hydrogens (tertiary/aromatic N) is 1. The van der Waals surface area contributed by atoms with Crippen LogP contribution in [0.25, 0.3) is 0 Å². The summed E-state index contributed by atoms with van der Waals surface area (Å²) in [7, 11) is 3.69. The van der Waals surface area contributed by atoms with Gasteiger partial charge in [0.2, 0.25) is 5.91 Å². The first-order chi connectivity index (χ1) is 8.63. The second-order valence-corrected chi connectivity index (χ2v) is 5.11. The first-order valence-corrected chi connectivity index (χ1v) is 7.25. The zero-order valence-corrected chi connectivity index (χ0v) is 12.4. The molecule has 0 saturated carbocycles. The highest BCUT2D eigenvalue weighted by Gasteiger charge is 2.18. The van der Waals surface area contributed by atoms with Crippen molar-refractivity contribution in [1.29, 1.82) is 0 Å². The molecule has 0 heterocycles. The molecule has 0 aromatic heterocycles. The smallest absolute Gasteiger partial charge is 0.225 e. The van der Waals surface area contributed by atoms with E-state index in [2.05, 4.69) is 12.2 Å². The average Bonchev–Trinajstić information content (AvgIpc) is 2.35. The molecule has 0 aliphatic rings. The number of hydrogen-bond donors (Lipinski definition) is 2. The molecule has 0 fully saturated rings. The van der Waals surface area contributed by atoms with E-state index in [0.717, 1.165) is 58.2 Å². The highest BCUT2D eigenvalue weighted by atomic mass is 16.2. The van der Waals surface area contributed by atoms with Crippen molar-refractivity contribution >= 4 is 5.91 Å². The molecule has 0 aromatic carbocycles. The first-order valence-electron chi connectivity index (χ1n) is 7.25. The summed E-state index contributed by atoms with van der Waals surface area (Å²) in [5, 5.41) is 3.37. The third-order valence-corrected chi connectivity index (χ3v) is 3.14. The summed E-state index contributed by atoms with van der Waals surface area (Å²) in [5.74, 6) is 0.502. The monoisotopic (exact) mass is 257 g/mol. The second kappa shape index (κ2) is 11.5. The van der Waals surface area contributed by atoms with Crippen molar-refractivity contribution < 1.29 is 4.79 Å². The zero-order chi connectivity index (χ0) is 13.8. The van der Waals surface area contributed by atoms with E-state index in [1.54, 1.807) is 4.90 Å². The van der Waals surface area contributed by atoms with Crippen molar-refractivity contribution in [3.05, 3.63) is 0 Å². The van der Waals surface area contributed by atoms with Crippen LogP contribution in [0.5, 0.6) is 0 Å².